The smallest absolute Gasteiger partial charge is 0.164 e. The molecule has 6 fully saturated rings. The Bertz CT molecular complexity index is 1170. The third kappa shape index (κ3) is 2.98. The van der Waals surface area contributed by atoms with Crippen LogP contribution in [-0.4, -0.2) is 18.5 Å². The van der Waals surface area contributed by atoms with E-state index in [2.05, 4.69) is 54.5 Å². The number of rotatable bonds is 1. The number of furan rings is 1. The maximum atomic E-state index is 13.9. The molecule has 7 rings (SSSR count). The molecule has 9 atom stereocenters. The van der Waals surface area contributed by atoms with E-state index in [-0.39, 0.29) is 10.8 Å². The molecule has 208 valence electrons. The van der Waals surface area contributed by atoms with Gasteiger partial charge in [0.15, 0.2) is 5.78 Å². The minimum Gasteiger partial charge on any atom is -0.465 e. The van der Waals surface area contributed by atoms with E-state index in [1.807, 2.05) is 12.1 Å². The summed E-state index contributed by atoms with van der Waals surface area (Å²) in [5.74, 6) is 3.74. The lowest BCUT2D eigenvalue weighted by Gasteiger charge is -2.73. The van der Waals surface area contributed by atoms with Crippen LogP contribution >= 0.6 is 0 Å². The van der Waals surface area contributed by atoms with Gasteiger partial charge in [-0.05, 0) is 132 Å². The molecule has 0 amide bonds. The monoisotopic (exact) mass is 518 g/mol. The van der Waals surface area contributed by atoms with Gasteiger partial charge in [-0.15, -0.1) is 0 Å². The molecule has 5 saturated carbocycles. The van der Waals surface area contributed by atoms with Gasteiger partial charge in [-0.1, -0.05) is 48.5 Å². The average Bonchev–Trinajstić information content (AvgIpc) is 3.47. The zero-order valence-corrected chi connectivity index (χ0v) is 25.0. The van der Waals surface area contributed by atoms with Gasteiger partial charge in [-0.3, -0.25) is 4.79 Å². The normalized spacial score (nSPS) is 51.6. The molecule has 1 aromatic heterocycles. The van der Waals surface area contributed by atoms with E-state index in [0.29, 0.717) is 45.4 Å². The highest BCUT2D eigenvalue weighted by Gasteiger charge is 2.73. The SMILES string of the molecule is CC1(C)C(=O)/C(=C/c2ccco2)C[C@@]2(C)C1CC[C@]1(C)C2CCC2C3[C@H]4OC[C@@]3(CCC4(C)C)CC[C@]21C. The van der Waals surface area contributed by atoms with Gasteiger partial charge in [-0.25, -0.2) is 0 Å². The molecule has 0 spiro atoms. The lowest BCUT2D eigenvalue weighted by atomic mass is 9.31. The number of carbonyl (C=O) groups excluding carboxylic acids is 1. The van der Waals surface area contributed by atoms with E-state index in [0.717, 1.165) is 36.2 Å². The quantitative estimate of drug-likeness (QED) is 0.349. The van der Waals surface area contributed by atoms with Crippen molar-refractivity contribution in [1.82, 2.24) is 0 Å². The predicted octanol–water partition coefficient (Wildman–Crippen LogP) is 8.73. The van der Waals surface area contributed by atoms with Crippen LogP contribution in [-0.2, 0) is 9.53 Å². The fourth-order valence-electron chi connectivity index (χ4n) is 12.5. The molecule has 1 aromatic rings. The molecular formula is C35H50O3. The summed E-state index contributed by atoms with van der Waals surface area (Å²) >= 11 is 0. The first-order valence-corrected chi connectivity index (χ1v) is 15.7. The minimum absolute atomic E-state index is 0.132. The summed E-state index contributed by atoms with van der Waals surface area (Å²) < 4.78 is 12.4. The number of hydrogen-bond donors (Lipinski definition) is 0. The van der Waals surface area contributed by atoms with Crippen LogP contribution in [0.15, 0.2) is 28.4 Å². The maximum absolute atomic E-state index is 13.9. The zero-order chi connectivity index (χ0) is 26.9. The Morgan fingerprint density at radius 2 is 1.63 bits per heavy atom. The first-order valence-electron chi connectivity index (χ1n) is 15.7. The van der Waals surface area contributed by atoms with Gasteiger partial charge in [0.1, 0.15) is 5.76 Å². The van der Waals surface area contributed by atoms with Crippen molar-refractivity contribution in [2.45, 2.75) is 112 Å². The highest BCUT2D eigenvalue weighted by Crippen LogP contribution is 2.78. The van der Waals surface area contributed by atoms with Crippen molar-refractivity contribution in [2.24, 2.45) is 56.2 Å². The molecule has 2 heterocycles. The maximum Gasteiger partial charge on any atom is 0.164 e. The number of carbonyl (C=O) groups is 1. The molecule has 6 aliphatic rings. The van der Waals surface area contributed by atoms with Crippen molar-refractivity contribution >= 4 is 11.9 Å². The Morgan fingerprint density at radius 1 is 0.868 bits per heavy atom. The number of fused-ring (bicyclic) bond motifs is 5. The standard InChI is InChI=1S/C35H50O3/c1-30(2)14-16-35-17-15-33(6)24(27(35)29(30)38-21-35)10-11-26-32(5)20-22(19-23-9-8-18-37-23)28(36)31(3,4)25(32)12-13-34(26,33)7/h8-9,18-19,24-27,29H,10-17,20-21H2,1-7H3/b22-19+/t24?,25?,26?,27?,29-,32+,33-,34-,35-/m1/s1. The van der Waals surface area contributed by atoms with Crippen LogP contribution in [0.1, 0.15) is 112 Å². The first kappa shape index (κ1) is 25.6. The van der Waals surface area contributed by atoms with Gasteiger partial charge < -0.3 is 9.15 Å². The van der Waals surface area contributed by atoms with E-state index in [9.17, 15) is 4.79 Å². The molecule has 4 unspecified atom stereocenters. The molecule has 3 heteroatoms. The van der Waals surface area contributed by atoms with Crippen molar-refractivity contribution in [1.29, 1.82) is 0 Å². The van der Waals surface area contributed by atoms with Crippen LogP contribution in [0.4, 0.5) is 0 Å². The summed E-state index contributed by atoms with van der Waals surface area (Å²) in [6.45, 7) is 18.4. The van der Waals surface area contributed by atoms with Gasteiger partial charge in [0, 0.05) is 5.41 Å². The first-order chi connectivity index (χ1) is 17.8. The largest absolute Gasteiger partial charge is 0.465 e. The summed E-state index contributed by atoms with van der Waals surface area (Å²) in [5.41, 5.74) is 2.16. The second-order valence-corrected chi connectivity index (χ2v) is 16.7. The van der Waals surface area contributed by atoms with Crippen molar-refractivity contribution in [3.05, 3.63) is 29.7 Å². The molecule has 0 aromatic carbocycles. The number of ether oxygens (including phenoxy) is 1. The molecule has 1 aliphatic heterocycles. The molecule has 2 bridgehead atoms. The predicted molar refractivity (Wildman–Crippen MR) is 151 cm³/mol. The molecule has 0 N–H and O–H groups in total. The van der Waals surface area contributed by atoms with Crippen LogP contribution in [0.25, 0.3) is 6.08 Å². The second-order valence-electron chi connectivity index (χ2n) is 16.7. The van der Waals surface area contributed by atoms with E-state index < -0.39 is 0 Å². The van der Waals surface area contributed by atoms with E-state index in [1.54, 1.807) is 6.26 Å². The molecule has 38 heavy (non-hydrogen) atoms. The van der Waals surface area contributed by atoms with Crippen LogP contribution in [0, 0.1) is 56.2 Å². The van der Waals surface area contributed by atoms with Crippen LogP contribution in [0.5, 0.6) is 0 Å². The molecule has 5 aliphatic carbocycles. The van der Waals surface area contributed by atoms with Crippen molar-refractivity contribution in [3.63, 3.8) is 0 Å². The Hall–Kier alpha value is -1.35. The van der Waals surface area contributed by atoms with Crippen LogP contribution in [0.3, 0.4) is 0 Å². The Morgan fingerprint density at radius 3 is 2.37 bits per heavy atom. The van der Waals surface area contributed by atoms with Crippen molar-refractivity contribution < 1.29 is 13.9 Å². The highest BCUT2D eigenvalue weighted by atomic mass is 16.5. The zero-order valence-electron chi connectivity index (χ0n) is 25.0. The van der Waals surface area contributed by atoms with E-state index in [1.165, 1.54) is 51.4 Å². The number of ketones is 1. The number of hydrogen-bond acceptors (Lipinski definition) is 3. The number of allylic oxidation sites excluding steroid dienone is 1. The minimum atomic E-state index is -0.332. The second kappa shape index (κ2) is 7.68. The third-order valence-corrected chi connectivity index (χ3v) is 14.6. The average molecular weight is 519 g/mol. The van der Waals surface area contributed by atoms with E-state index >= 15 is 0 Å². The molecule has 1 saturated heterocycles. The molecular weight excluding hydrogens is 468 g/mol. The van der Waals surface area contributed by atoms with Crippen LogP contribution in [0.2, 0.25) is 0 Å². The van der Waals surface area contributed by atoms with E-state index in [4.69, 9.17) is 9.15 Å². The summed E-state index contributed by atoms with van der Waals surface area (Å²) in [4.78, 5) is 13.9. The Balaban J connectivity index is 1.29. The summed E-state index contributed by atoms with van der Waals surface area (Å²) in [7, 11) is 0. The Labute approximate surface area is 230 Å². The summed E-state index contributed by atoms with van der Waals surface area (Å²) in [6, 6.07) is 3.91. The molecule has 3 nitrogen and oxygen atoms in total. The lowest BCUT2D eigenvalue weighted by Crippen LogP contribution is -2.67. The fourth-order valence-corrected chi connectivity index (χ4v) is 12.5. The van der Waals surface area contributed by atoms with Crippen LogP contribution < -0.4 is 0 Å². The fraction of sp³-hybridized carbons (Fsp3) is 0.800. The van der Waals surface area contributed by atoms with Gasteiger partial charge in [-0.2, -0.15) is 0 Å². The van der Waals surface area contributed by atoms with Crippen molar-refractivity contribution in [2.75, 3.05) is 6.61 Å². The van der Waals surface area contributed by atoms with Crippen molar-refractivity contribution in [3.8, 4) is 0 Å². The van der Waals surface area contributed by atoms with Gasteiger partial charge >= 0.3 is 0 Å². The van der Waals surface area contributed by atoms with Gasteiger partial charge in [0.05, 0.1) is 19.0 Å². The highest BCUT2D eigenvalue weighted by molar-refractivity contribution is 6.04. The third-order valence-electron chi connectivity index (χ3n) is 14.6. The lowest BCUT2D eigenvalue weighted by molar-refractivity contribution is -0.236. The Kier molecular flexibility index (Phi) is 5.18. The van der Waals surface area contributed by atoms with Gasteiger partial charge in [0.2, 0.25) is 0 Å². The summed E-state index contributed by atoms with van der Waals surface area (Å²) in [6.07, 6.45) is 15.6. The topological polar surface area (TPSA) is 39.4 Å². The molecule has 0 radical (unpaired) electrons. The summed E-state index contributed by atoms with van der Waals surface area (Å²) in [5, 5.41) is 0. The van der Waals surface area contributed by atoms with Gasteiger partial charge in [0.25, 0.3) is 0 Å². The number of Topliss-reactive ketones (excluding diaryl/α,β-unsaturated/α-hetero) is 1.